The van der Waals surface area contributed by atoms with Gasteiger partial charge in [-0.1, -0.05) is 48.5 Å². The van der Waals surface area contributed by atoms with Crippen LogP contribution in [0.3, 0.4) is 0 Å². The second kappa shape index (κ2) is 18.2. The highest BCUT2D eigenvalue weighted by Gasteiger charge is 2.24. The molecule has 16 heteroatoms. The van der Waals surface area contributed by atoms with Gasteiger partial charge < -0.3 is 28.1 Å². The predicted octanol–water partition coefficient (Wildman–Crippen LogP) is 8.80. The van der Waals surface area contributed by atoms with Gasteiger partial charge in [0.2, 0.25) is 0 Å². The van der Waals surface area contributed by atoms with Gasteiger partial charge in [-0.3, -0.25) is 10.9 Å². The molecule has 0 aliphatic carbocycles. The van der Waals surface area contributed by atoms with Crippen LogP contribution in [0.2, 0.25) is 0 Å². The summed E-state index contributed by atoms with van der Waals surface area (Å²) >= 11 is 2.87. The molecule has 60 heavy (non-hydrogen) atoms. The van der Waals surface area contributed by atoms with Crippen molar-refractivity contribution in [1.29, 1.82) is 0 Å². The standard InChI is InChI=1S/C44H44N10O4S2/c1-27-11-7-9-13-29(27)19-21-53-26-47-40(38-42(53)50-43(48-38)59-35-23-31(55-3)15-17-33(35)57-5)52-51-39-37-41(46-25-45-39)54(22-20-30-14-10-8-12-28(30)2)44(49-37)60-36-24-32(56-4)16-18-34(36)58-6/h7-18,23-26,52H,19-22H2,1-6H3,(H,45,46,51). The van der Waals surface area contributed by atoms with Crippen molar-refractivity contribution >= 4 is 46.3 Å². The molecule has 2 N–H and O–H groups in total. The second-order valence-corrected chi connectivity index (χ2v) is 15.8. The lowest BCUT2D eigenvalue weighted by Crippen LogP contribution is -2.16. The molecule has 0 unspecified atom stereocenters. The number of hydrazine groups is 1. The summed E-state index contributed by atoms with van der Waals surface area (Å²) in [5.74, 6) is 4.42. The number of imidazole rings is 2. The number of aryl methyl sites for hydroxylation is 6. The lowest BCUT2D eigenvalue weighted by atomic mass is 10.1. The van der Waals surface area contributed by atoms with Gasteiger partial charge in [-0.25, -0.2) is 29.9 Å². The van der Waals surface area contributed by atoms with Crippen LogP contribution in [-0.4, -0.2) is 67.5 Å². The van der Waals surface area contributed by atoms with Crippen LogP contribution in [0.25, 0.3) is 22.7 Å². The van der Waals surface area contributed by atoms with Gasteiger partial charge >= 0.3 is 0 Å². The maximum Gasteiger partial charge on any atom is 0.195 e. The van der Waals surface area contributed by atoms with Crippen LogP contribution in [0.5, 0.6) is 23.0 Å². The lowest BCUT2D eigenvalue weighted by Gasteiger charge is -2.15. The van der Waals surface area contributed by atoms with Crippen molar-refractivity contribution in [3.63, 3.8) is 0 Å². The number of nitrogens with one attached hydrogen (secondary N) is 2. The van der Waals surface area contributed by atoms with Gasteiger partial charge in [-0.2, -0.15) is 0 Å². The number of benzene rings is 4. The summed E-state index contributed by atoms with van der Waals surface area (Å²) in [7, 11) is 6.57. The predicted molar refractivity (Wildman–Crippen MR) is 234 cm³/mol. The van der Waals surface area contributed by atoms with E-state index < -0.39 is 0 Å². The topological polar surface area (TPSA) is 148 Å². The average molecular weight is 841 g/mol. The quantitative estimate of drug-likeness (QED) is 0.0842. The third-order valence-corrected chi connectivity index (χ3v) is 12.1. The van der Waals surface area contributed by atoms with Gasteiger partial charge in [-0.15, -0.1) is 0 Å². The van der Waals surface area contributed by atoms with Gasteiger partial charge in [0.15, 0.2) is 44.6 Å². The Kier molecular flexibility index (Phi) is 12.2. The highest BCUT2D eigenvalue weighted by atomic mass is 32.2. The van der Waals surface area contributed by atoms with Gasteiger partial charge in [-0.05, 0) is 109 Å². The first-order valence-corrected chi connectivity index (χ1v) is 20.8. The summed E-state index contributed by atoms with van der Waals surface area (Å²) in [4.78, 5) is 31.0. The number of hydrogen-bond acceptors (Lipinski definition) is 14. The second-order valence-electron chi connectivity index (χ2n) is 13.7. The largest absolute Gasteiger partial charge is 0.497 e. The summed E-state index contributed by atoms with van der Waals surface area (Å²) in [5.41, 5.74) is 13.4. The molecule has 4 heterocycles. The fourth-order valence-electron chi connectivity index (χ4n) is 6.80. The maximum absolute atomic E-state index is 5.73. The number of anilines is 2. The summed E-state index contributed by atoms with van der Waals surface area (Å²) in [6, 6.07) is 28.1. The number of nitrogens with zero attached hydrogens (tertiary/aromatic N) is 8. The van der Waals surface area contributed by atoms with E-state index in [2.05, 4.69) is 82.8 Å². The van der Waals surface area contributed by atoms with Crippen molar-refractivity contribution in [1.82, 2.24) is 39.0 Å². The van der Waals surface area contributed by atoms with E-state index in [9.17, 15) is 0 Å². The smallest absolute Gasteiger partial charge is 0.195 e. The first-order chi connectivity index (χ1) is 29.3. The molecule has 0 bridgehead atoms. The van der Waals surface area contributed by atoms with Crippen LogP contribution in [-0.2, 0) is 25.9 Å². The molecule has 306 valence electrons. The Balaban J connectivity index is 1.14. The lowest BCUT2D eigenvalue weighted by molar-refractivity contribution is 0.394. The van der Waals surface area contributed by atoms with E-state index in [0.29, 0.717) is 75.6 Å². The summed E-state index contributed by atoms with van der Waals surface area (Å²) in [6.45, 7) is 5.53. The molecule has 0 radical (unpaired) electrons. The molecule has 2 aliphatic rings. The number of hydrogen-bond donors (Lipinski definition) is 2. The van der Waals surface area contributed by atoms with Crippen molar-refractivity contribution in [2.45, 2.75) is 59.9 Å². The van der Waals surface area contributed by atoms with Gasteiger partial charge in [0.05, 0.1) is 44.6 Å². The number of aromatic nitrogens is 8. The van der Waals surface area contributed by atoms with Crippen molar-refractivity contribution in [2.75, 3.05) is 39.3 Å². The zero-order valence-corrected chi connectivity index (χ0v) is 35.7. The summed E-state index contributed by atoms with van der Waals surface area (Å²) in [5, 5.41) is 1.25. The highest BCUT2D eigenvalue weighted by molar-refractivity contribution is 7.99. The highest BCUT2D eigenvalue weighted by Crippen LogP contribution is 2.40. The molecule has 0 fully saturated rings. The molecule has 4 aromatic carbocycles. The summed E-state index contributed by atoms with van der Waals surface area (Å²) in [6.07, 6.45) is 4.89. The molecule has 0 saturated carbocycles. The van der Waals surface area contributed by atoms with Crippen molar-refractivity contribution < 1.29 is 18.9 Å². The number of ether oxygens (including phenoxy) is 4. The van der Waals surface area contributed by atoms with Crippen molar-refractivity contribution in [3.05, 3.63) is 120 Å². The van der Waals surface area contributed by atoms with Crippen LogP contribution in [0, 0.1) is 13.8 Å². The van der Waals surface area contributed by atoms with E-state index in [-0.39, 0.29) is 0 Å². The van der Waals surface area contributed by atoms with E-state index in [1.54, 1.807) is 34.8 Å². The summed E-state index contributed by atoms with van der Waals surface area (Å²) < 4.78 is 26.6. The van der Waals surface area contributed by atoms with E-state index >= 15 is 0 Å². The third-order valence-electron chi connectivity index (χ3n) is 10.1. The number of rotatable bonds is 17. The van der Waals surface area contributed by atoms with Gasteiger partial charge in [0.25, 0.3) is 0 Å². The molecule has 14 nitrogen and oxygen atoms in total. The number of methoxy groups -OCH3 is 4. The zero-order chi connectivity index (χ0) is 41.6. The van der Waals surface area contributed by atoms with Crippen molar-refractivity contribution in [3.8, 4) is 34.5 Å². The Morgan fingerprint density at radius 2 is 1.23 bits per heavy atom. The Morgan fingerprint density at radius 1 is 0.617 bits per heavy atom. The van der Waals surface area contributed by atoms with Gasteiger partial charge in [0, 0.05) is 13.1 Å². The van der Waals surface area contributed by atoms with E-state index in [4.69, 9.17) is 43.9 Å². The van der Waals surface area contributed by atoms with Crippen LogP contribution in [0.1, 0.15) is 22.3 Å². The van der Waals surface area contributed by atoms with Crippen molar-refractivity contribution in [2.24, 2.45) is 0 Å². The minimum atomic E-state index is 0.468. The monoisotopic (exact) mass is 840 g/mol. The maximum atomic E-state index is 5.73. The molecule has 0 amide bonds. The fraction of sp³-hybridized carbons (Fsp3) is 0.227. The fourth-order valence-corrected chi connectivity index (χ4v) is 8.74. The Hall–Kier alpha value is -6.52. The molecule has 2 aliphatic heterocycles. The first kappa shape index (κ1) is 40.3. The number of fused-ring (bicyclic) bond motifs is 2. The van der Waals surface area contributed by atoms with Crippen LogP contribution >= 0.6 is 23.5 Å². The Labute approximate surface area is 356 Å². The molecule has 2 aromatic heterocycles. The zero-order valence-electron chi connectivity index (χ0n) is 34.1. The van der Waals surface area contributed by atoms with E-state index in [1.165, 1.54) is 52.1 Å². The third kappa shape index (κ3) is 8.60. The molecule has 0 spiro atoms. The minimum absolute atomic E-state index is 0.468. The average Bonchev–Trinajstić information content (AvgIpc) is 3.86. The Bertz CT molecular complexity index is 2740. The SMILES string of the molecule is COc1ccc(OC)c(Sc2nc3c(NNc4ncnc5c4nc(Sc4cc(OC)ccc4OC)n5CCc4ccccc4C)ncn(CCc4ccccc4C)c-3n2)c1. The molecule has 8 rings (SSSR count). The molecule has 0 saturated heterocycles. The molecular formula is C44H44N10O4S2. The molecular weight excluding hydrogens is 797 g/mol. The van der Waals surface area contributed by atoms with E-state index in [1.807, 2.05) is 41.0 Å². The molecule has 6 aromatic rings. The van der Waals surface area contributed by atoms with Crippen LogP contribution in [0.4, 0.5) is 11.6 Å². The first-order valence-electron chi connectivity index (χ1n) is 19.2. The molecule has 0 atom stereocenters. The Morgan fingerprint density at radius 3 is 1.87 bits per heavy atom. The van der Waals surface area contributed by atoms with Gasteiger partial charge in [0.1, 0.15) is 29.3 Å². The normalized spacial score (nSPS) is 11.2. The van der Waals surface area contributed by atoms with Crippen LogP contribution < -0.4 is 29.8 Å². The van der Waals surface area contributed by atoms with Crippen LogP contribution in [0.15, 0.2) is 118 Å². The minimum Gasteiger partial charge on any atom is -0.497 e. The van der Waals surface area contributed by atoms with E-state index in [0.717, 1.165) is 27.8 Å².